The quantitative estimate of drug-likeness (QED) is 0.476. The van der Waals surface area contributed by atoms with E-state index in [-0.39, 0.29) is 6.54 Å². The van der Waals surface area contributed by atoms with E-state index in [9.17, 15) is 9.90 Å². The molecule has 2 saturated heterocycles. The van der Waals surface area contributed by atoms with E-state index < -0.39 is 42.0 Å². The molecule has 0 amide bonds. The lowest BCUT2D eigenvalue weighted by Gasteiger charge is -2.24. The molecule has 0 bridgehead atoms. The Morgan fingerprint density at radius 1 is 1.14 bits per heavy atom. The summed E-state index contributed by atoms with van der Waals surface area (Å²) >= 11 is 0. The molecule has 2 aliphatic rings. The van der Waals surface area contributed by atoms with Gasteiger partial charge in [0.2, 0.25) is 0 Å². The maximum absolute atomic E-state index is 11.4. The fourth-order valence-corrected chi connectivity index (χ4v) is 2.62. The summed E-state index contributed by atoms with van der Waals surface area (Å²) in [6.07, 6.45) is -3.32. The number of nitrogens with zero attached hydrogens (tertiary/aromatic N) is 3. The molecule has 0 unspecified atom stereocenters. The third kappa shape index (κ3) is 3.45. The molecule has 0 aromatic carbocycles. The molecule has 0 aromatic heterocycles. The van der Waals surface area contributed by atoms with Gasteiger partial charge in [0.25, 0.3) is 0 Å². The van der Waals surface area contributed by atoms with Crippen molar-refractivity contribution in [1.29, 1.82) is 0 Å². The monoisotopic (exact) mass is 301 g/mol. The normalized spacial score (nSPS) is 37.1. The van der Waals surface area contributed by atoms with Crippen molar-refractivity contribution in [2.75, 3.05) is 6.54 Å². The van der Waals surface area contributed by atoms with Crippen molar-refractivity contribution in [1.82, 2.24) is 0 Å². The second-order valence-corrected chi connectivity index (χ2v) is 5.91. The Morgan fingerprint density at radius 2 is 1.71 bits per heavy atom. The van der Waals surface area contributed by atoms with Crippen molar-refractivity contribution < 1.29 is 28.8 Å². The van der Waals surface area contributed by atoms with Gasteiger partial charge < -0.3 is 24.1 Å². The van der Waals surface area contributed by atoms with Crippen LogP contribution < -0.4 is 0 Å². The van der Waals surface area contributed by atoms with Gasteiger partial charge in [0, 0.05) is 4.91 Å². The average Bonchev–Trinajstić information content (AvgIpc) is 2.83. The van der Waals surface area contributed by atoms with Gasteiger partial charge in [-0.1, -0.05) is 5.11 Å². The maximum Gasteiger partial charge on any atom is 0.335 e. The van der Waals surface area contributed by atoms with Crippen LogP contribution in [0, 0.1) is 0 Å². The molecule has 0 saturated carbocycles. The van der Waals surface area contributed by atoms with Crippen molar-refractivity contribution in [3.8, 4) is 0 Å². The molecule has 0 radical (unpaired) electrons. The fourth-order valence-electron chi connectivity index (χ4n) is 2.62. The minimum absolute atomic E-state index is 0.0250. The topological polar surface area (TPSA) is 123 Å². The Balaban J connectivity index is 2.24. The van der Waals surface area contributed by atoms with E-state index in [1.54, 1.807) is 27.7 Å². The Labute approximate surface area is 121 Å². The Kier molecular flexibility index (Phi) is 4.14. The lowest BCUT2D eigenvalue weighted by molar-refractivity contribution is -0.175. The SMILES string of the molecule is CC1(C)O[C@H]([C@@H]2OC(C)(C)O[C@H]2C(=O)O)[C@@H](CN=[N+]=[N-])O1. The summed E-state index contributed by atoms with van der Waals surface area (Å²) in [5.41, 5.74) is 8.44. The van der Waals surface area contributed by atoms with Crippen LogP contribution in [0.2, 0.25) is 0 Å². The van der Waals surface area contributed by atoms with E-state index in [1.165, 1.54) is 0 Å². The van der Waals surface area contributed by atoms with Gasteiger partial charge in [-0.15, -0.1) is 0 Å². The van der Waals surface area contributed by atoms with Crippen LogP contribution in [-0.2, 0) is 23.7 Å². The first-order valence-electron chi connectivity index (χ1n) is 6.60. The molecule has 0 aromatic rings. The molecule has 1 N–H and O–H groups in total. The lowest BCUT2D eigenvalue weighted by atomic mass is 10.0. The van der Waals surface area contributed by atoms with E-state index in [0.717, 1.165) is 0 Å². The molecule has 4 atom stereocenters. The molecule has 21 heavy (non-hydrogen) atoms. The van der Waals surface area contributed by atoms with Crippen molar-refractivity contribution in [3.63, 3.8) is 0 Å². The molecule has 118 valence electrons. The average molecular weight is 301 g/mol. The van der Waals surface area contributed by atoms with Crippen LogP contribution >= 0.6 is 0 Å². The maximum atomic E-state index is 11.4. The van der Waals surface area contributed by atoms with Crippen molar-refractivity contribution in [3.05, 3.63) is 10.4 Å². The highest BCUT2D eigenvalue weighted by atomic mass is 16.8. The first-order valence-corrected chi connectivity index (χ1v) is 6.60. The van der Waals surface area contributed by atoms with Gasteiger partial charge in [-0.25, -0.2) is 4.79 Å². The highest BCUT2D eigenvalue weighted by molar-refractivity contribution is 5.73. The molecule has 0 aliphatic carbocycles. The third-order valence-electron chi connectivity index (χ3n) is 3.24. The third-order valence-corrected chi connectivity index (χ3v) is 3.24. The molecule has 2 fully saturated rings. The second-order valence-electron chi connectivity index (χ2n) is 5.91. The molecular formula is C12H19N3O6. The number of rotatable bonds is 4. The molecule has 9 nitrogen and oxygen atoms in total. The Morgan fingerprint density at radius 3 is 2.29 bits per heavy atom. The molecule has 2 heterocycles. The van der Waals surface area contributed by atoms with Crippen LogP contribution in [0.3, 0.4) is 0 Å². The summed E-state index contributed by atoms with van der Waals surface area (Å²) in [5.74, 6) is -3.09. The van der Waals surface area contributed by atoms with E-state index in [4.69, 9.17) is 24.5 Å². The van der Waals surface area contributed by atoms with Crippen molar-refractivity contribution in [2.45, 2.75) is 63.7 Å². The molecule has 2 rings (SSSR count). The lowest BCUT2D eigenvalue weighted by Crippen LogP contribution is -2.45. The van der Waals surface area contributed by atoms with E-state index in [0.29, 0.717) is 0 Å². The highest BCUT2D eigenvalue weighted by Gasteiger charge is 2.55. The molecule has 9 heteroatoms. The van der Waals surface area contributed by atoms with Crippen LogP contribution in [0.4, 0.5) is 0 Å². The molecular weight excluding hydrogens is 282 g/mol. The van der Waals surface area contributed by atoms with Gasteiger partial charge in [-0.05, 0) is 33.2 Å². The van der Waals surface area contributed by atoms with Crippen LogP contribution in [0.1, 0.15) is 27.7 Å². The van der Waals surface area contributed by atoms with Gasteiger partial charge in [-0.2, -0.15) is 0 Å². The van der Waals surface area contributed by atoms with E-state index in [2.05, 4.69) is 10.0 Å². The molecule has 0 spiro atoms. The van der Waals surface area contributed by atoms with Crippen LogP contribution in [-0.4, -0.2) is 53.6 Å². The number of aliphatic carboxylic acids is 1. The number of carboxylic acid groups (broad SMARTS) is 1. The van der Waals surface area contributed by atoms with Crippen LogP contribution in [0.15, 0.2) is 5.11 Å². The van der Waals surface area contributed by atoms with Crippen molar-refractivity contribution >= 4 is 5.97 Å². The van der Waals surface area contributed by atoms with Gasteiger partial charge in [-0.3, -0.25) is 0 Å². The first kappa shape index (κ1) is 16.0. The molecule has 2 aliphatic heterocycles. The Bertz CT molecular complexity index is 474. The summed E-state index contributed by atoms with van der Waals surface area (Å²) in [6.45, 7) is 6.69. The predicted molar refractivity (Wildman–Crippen MR) is 69.3 cm³/mol. The summed E-state index contributed by atoms with van der Waals surface area (Å²) in [6, 6.07) is 0. The minimum atomic E-state index is -1.17. The van der Waals surface area contributed by atoms with Gasteiger partial charge in [0.15, 0.2) is 17.7 Å². The fraction of sp³-hybridized carbons (Fsp3) is 0.917. The zero-order chi connectivity index (χ0) is 15.8. The van der Waals surface area contributed by atoms with Crippen molar-refractivity contribution in [2.24, 2.45) is 5.11 Å². The van der Waals surface area contributed by atoms with Gasteiger partial charge in [0.05, 0.1) is 12.6 Å². The van der Waals surface area contributed by atoms with E-state index in [1.807, 2.05) is 0 Å². The summed E-state index contributed by atoms with van der Waals surface area (Å²) < 4.78 is 22.5. The predicted octanol–water partition coefficient (Wildman–Crippen LogP) is 1.42. The zero-order valence-electron chi connectivity index (χ0n) is 12.3. The minimum Gasteiger partial charge on any atom is -0.479 e. The van der Waals surface area contributed by atoms with Crippen LogP contribution in [0.25, 0.3) is 10.4 Å². The smallest absolute Gasteiger partial charge is 0.335 e. The van der Waals surface area contributed by atoms with E-state index >= 15 is 0 Å². The summed E-state index contributed by atoms with van der Waals surface area (Å²) in [4.78, 5) is 14.0. The van der Waals surface area contributed by atoms with Gasteiger partial charge in [0.1, 0.15) is 12.2 Å². The number of hydrogen-bond donors (Lipinski definition) is 1. The van der Waals surface area contributed by atoms with Crippen LogP contribution in [0.5, 0.6) is 0 Å². The number of hydrogen-bond acceptors (Lipinski definition) is 6. The number of carboxylic acids is 1. The highest BCUT2D eigenvalue weighted by Crippen LogP contribution is 2.38. The number of azide groups is 1. The Hall–Kier alpha value is -1.38. The second kappa shape index (κ2) is 5.43. The first-order chi connectivity index (χ1) is 9.65. The number of ether oxygens (including phenoxy) is 4. The number of carbonyl (C=O) groups is 1. The van der Waals surface area contributed by atoms with Gasteiger partial charge >= 0.3 is 5.97 Å². The standard InChI is InChI=1S/C12H19N3O6/c1-11(2)18-6(5-14-15-13)7(19-11)8-9(10(16)17)21-12(3,4)20-8/h6-9H,5H2,1-4H3,(H,16,17)/t6-,7+,8+,9-/m1/s1. The summed E-state index contributed by atoms with van der Waals surface area (Å²) in [7, 11) is 0. The zero-order valence-corrected chi connectivity index (χ0v) is 12.3. The largest absolute Gasteiger partial charge is 0.479 e. The summed E-state index contributed by atoms with van der Waals surface area (Å²) in [5, 5.41) is 12.8.